The van der Waals surface area contributed by atoms with Crippen molar-refractivity contribution in [2.24, 2.45) is 0 Å². The molecule has 4 nitrogen and oxygen atoms in total. The van der Waals surface area contributed by atoms with Crippen molar-refractivity contribution in [3.05, 3.63) is 42.3 Å². The second-order valence-corrected chi connectivity index (χ2v) is 3.05. The van der Waals surface area contributed by atoms with E-state index in [0.29, 0.717) is 6.54 Å². The summed E-state index contributed by atoms with van der Waals surface area (Å²) in [4.78, 5) is 4.14. The topological polar surface area (TPSA) is 47.3 Å². The smallest absolute Gasteiger partial charge is 0.399 e. The fourth-order valence-corrected chi connectivity index (χ4v) is 1.19. The first-order valence-electron chi connectivity index (χ1n) is 4.70. The fraction of sp³-hybridized carbons (Fsp3) is 0.182. The van der Waals surface area contributed by atoms with E-state index in [9.17, 15) is 0 Å². The van der Waals surface area contributed by atoms with Gasteiger partial charge in [-0.2, -0.15) is 4.98 Å². The van der Waals surface area contributed by atoms with Crippen LogP contribution >= 0.6 is 0 Å². The number of ether oxygens (including phenoxy) is 1. The predicted octanol–water partition coefficient (Wildman–Crippen LogP) is 2.19. The maximum Gasteiger partial charge on any atom is 0.399 e. The molecule has 1 aromatic carbocycles. The molecule has 0 aliphatic carbocycles. The van der Waals surface area contributed by atoms with Gasteiger partial charge in [-0.25, -0.2) is 0 Å². The molecule has 0 fully saturated rings. The zero-order valence-electron chi connectivity index (χ0n) is 8.43. The van der Waals surface area contributed by atoms with Crippen molar-refractivity contribution in [1.82, 2.24) is 10.3 Å². The highest BCUT2D eigenvalue weighted by Crippen LogP contribution is 2.19. The molecule has 1 heterocycles. The van der Waals surface area contributed by atoms with Gasteiger partial charge in [0.25, 0.3) is 0 Å². The van der Waals surface area contributed by atoms with Crippen LogP contribution in [0.25, 0.3) is 0 Å². The Balaban J connectivity index is 2.05. The second kappa shape index (κ2) is 4.61. The van der Waals surface area contributed by atoms with Gasteiger partial charge in [0, 0.05) is 6.54 Å². The van der Waals surface area contributed by atoms with Crippen molar-refractivity contribution in [3.8, 4) is 11.8 Å². The Morgan fingerprint density at radius 3 is 2.87 bits per heavy atom. The number of hydrogen-bond donors (Lipinski definition) is 1. The lowest BCUT2D eigenvalue weighted by Gasteiger charge is -1.98. The molecule has 0 unspecified atom stereocenters. The van der Waals surface area contributed by atoms with Crippen molar-refractivity contribution in [2.45, 2.75) is 6.54 Å². The summed E-state index contributed by atoms with van der Waals surface area (Å²) in [6.45, 7) is 0.668. The minimum Gasteiger partial charge on any atom is -0.417 e. The van der Waals surface area contributed by atoms with E-state index in [2.05, 4.69) is 10.3 Å². The summed E-state index contributed by atoms with van der Waals surface area (Å²) in [5.41, 5.74) is 0.823. The third kappa shape index (κ3) is 2.57. The maximum absolute atomic E-state index is 5.40. The van der Waals surface area contributed by atoms with Crippen LogP contribution in [0.1, 0.15) is 5.69 Å². The molecule has 15 heavy (non-hydrogen) atoms. The average Bonchev–Trinajstić information content (AvgIpc) is 2.68. The molecule has 4 heteroatoms. The Labute approximate surface area is 87.9 Å². The zero-order chi connectivity index (χ0) is 10.5. The van der Waals surface area contributed by atoms with Crippen LogP contribution in [0.2, 0.25) is 0 Å². The molecule has 0 spiro atoms. The van der Waals surface area contributed by atoms with E-state index in [-0.39, 0.29) is 6.08 Å². The van der Waals surface area contributed by atoms with Gasteiger partial charge in [0.2, 0.25) is 0 Å². The summed E-state index contributed by atoms with van der Waals surface area (Å²) >= 11 is 0. The molecule has 2 aromatic rings. The van der Waals surface area contributed by atoms with Gasteiger partial charge in [-0.15, -0.1) is 0 Å². The Morgan fingerprint density at radius 2 is 2.13 bits per heavy atom. The van der Waals surface area contributed by atoms with Gasteiger partial charge in [0.05, 0.1) is 5.69 Å². The quantitative estimate of drug-likeness (QED) is 0.829. The molecule has 0 saturated heterocycles. The van der Waals surface area contributed by atoms with Gasteiger partial charge in [-0.3, -0.25) is 0 Å². The molecule has 78 valence electrons. The standard InChI is InChI=1S/C11H12N2O2/c1-12-7-9-8-14-11(13-9)15-10-5-3-2-4-6-10/h2-6,8,12H,7H2,1H3. The van der Waals surface area contributed by atoms with Crippen molar-refractivity contribution in [2.75, 3.05) is 7.05 Å². The van der Waals surface area contributed by atoms with Crippen molar-refractivity contribution in [1.29, 1.82) is 0 Å². The zero-order valence-corrected chi connectivity index (χ0v) is 8.43. The summed E-state index contributed by atoms with van der Waals surface area (Å²) in [7, 11) is 1.85. The minimum atomic E-state index is 0.270. The first-order valence-corrected chi connectivity index (χ1v) is 4.70. The minimum absolute atomic E-state index is 0.270. The number of para-hydroxylation sites is 1. The van der Waals surface area contributed by atoms with Crippen LogP contribution in [0.15, 0.2) is 41.0 Å². The Bertz CT molecular complexity index is 412. The molecule has 0 radical (unpaired) electrons. The predicted molar refractivity (Wildman–Crippen MR) is 55.8 cm³/mol. The highest BCUT2D eigenvalue weighted by Gasteiger charge is 2.04. The normalized spacial score (nSPS) is 10.2. The summed E-state index contributed by atoms with van der Waals surface area (Å²) in [5, 5.41) is 2.98. The fourth-order valence-electron chi connectivity index (χ4n) is 1.19. The van der Waals surface area contributed by atoms with Crippen LogP contribution in [0.3, 0.4) is 0 Å². The maximum atomic E-state index is 5.40. The lowest BCUT2D eigenvalue weighted by Crippen LogP contribution is -2.04. The molecule has 0 atom stereocenters. The van der Waals surface area contributed by atoms with Gasteiger partial charge in [0.15, 0.2) is 0 Å². The van der Waals surface area contributed by atoms with Gasteiger partial charge in [0.1, 0.15) is 12.0 Å². The van der Waals surface area contributed by atoms with E-state index in [1.807, 2.05) is 37.4 Å². The second-order valence-electron chi connectivity index (χ2n) is 3.05. The third-order valence-electron chi connectivity index (χ3n) is 1.84. The average molecular weight is 204 g/mol. The van der Waals surface area contributed by atoms with Crippen molar-refractivity contribution in [3.63, 3.8) is 0 Å². The SMILES string of the molecule is CNCc1coc(Oc2ccccc2)n1. The lowest BCUT2D eigenvalue weighted by molar-refractivity contribution is 0.331. The van der Waals surface area contributed by atoms with E-state index < -0.39 is 0 Å². The van der Waals surface area contributed by atoms with Crippen molar-refractivity contribution >= 4 is 0 Å². The highest BCUT2D eigenvalue weighted by molar-refractivity contribution is 5.23. The highest BCUT2D eigenvalue weighted by atomic mass is 16.6. The Kier molecular flexibility index (Phi) is 2.99. The largest absolute Gasteiger partial charge is 0.417 e. The lowest BCUT2D eigenvalue weighted by atomic mass is 10.3. The molecular formula is C11H12N2O2. The summed E-state index contributed by atoms with van der Waals surface area (Å²) in [5.74, 6) is 0.718. The number of nitrogens with one attached hydrogen (secondary N) is 1. The summed E-state index contributed by atoms with van der Waals surface area (Å²) in [6, 6.07) is 9.41. The molecule has 1 aromatic heterocycles. The first kappa shape index (κ1) is 9.73. The summed E-state index contributed by atoms with van der Waals surface area (Å²) < 4.78 is 10.5. The van der Waals surface area contributed by atoms with E-state index in [0.717, 1.165) is 11.4 Å². The summed E-state index contributed by atoms with van der Waals surface area (Å²) in [6.07, 6.45) is 1.85. The third-order valence-corrected chi connectivity index (χ3v) is 1.84. The number of rotatable bonds is 4. The van der Waals surface area contributed by atoms with E-state index in [1.165, 1.54) is 0 Å². The number of aromatic nitrogens is 1. The van der Waals surface area contributed by atoms with Crippen LogP contribution in [0.4, 0.5) is 0 Å². The number of hydrogen-bond acceptors (Lipinski definition) is 4. The molecule has 0 aliphatic rings. The van der Waals surface area contributed by atoms with Gasteiger partial charge in [-0.05, 0) is 19.2 Å². The van der Waals surface area contributed by atoms with Gasteiger partial charge in [-0.1, -0.05) is 18.2 Å². The van der Waals surface area contributed by atoms with E-state index >= 15 is 0 Å². The van der Waals surface area contributed by atoms with Crippen LogP contribution < -0.4 is 10.1 Å². The number of oxazole rings is 1. The number of nitrogens with zero attached hydrogens (tertiary/aromatic N) is 1. The van der Waals surface area contributed by atoms with Crippen LogP contribution in [0.5, 0.6) is 11.8 Å². The molecule has 0 saturated carbocycles. The molecular weight excluding hydrogens is 192 g/mol. The van der Waals surface area contributed by atoms with Crippen LogP contribution in [-0.4, -0.2) is 12.0 Å². The Morgan fingerprint density at radius 1 is 1.33 bits per heavy atom. The first-order chi connectivity index (χ1) is 7.38. The molecule has 0 aliphatic heterocycles. The molecule has 1 N–H and O–H groups in total. The van der Waals surface area contributed by atoms with Crippen LogP contribution in [0, 0.1) is 0 Å². The molecule has 2 rings (SSSR count). The number of benzene rings is 1. The van der Waals surface area contributed by atoms with Gasteiger partial charge < -0.3 is 14.5 Å². The molecule has 0 amide bonds. The monoisotopic (exact) mass is 204 g/mol. The van der Waals surface area contributed by atoms with Crippen molar-refractivity contribution < 1.29 is 9.15 Å². The van der Waals surface area contributed by atoms with Gasteiger partial charge >= 0.3 is 6.08 Å². The Hall–Kier alpha value is -1.81. The van der Waals surface area contributed by atoms with Crippen LogP contribution in [-0.2, 0) is 6.54 Å². The van der Waals surface area contributed by atoms with E-state index in [4.69, 9.17) is 9.15 Å². The van der Waals surface area contributed by atoms with E-state index in [1.54, 1.807) is 6.26 Å². The molecule has 0 bridgehead atoms.